The summed E-state index contributed by atoms with van der Waals surface area (Å²) in [6, 6.07) is 1.81. The van der Waals surface area contributed by atoms with E-state index in [1.165, 1.54) is 14.1 Å². The highest BCUT2D eigenvalue weighted by Crippen LogP contribution is 2.46. The zero-order valence-electron chi connectivity index (χ0n) is 13.3. The second-order valence-electron chi connectivity index (χ2n) is 4.86. The molecule has 0 bridgehead atoms. The first-order valence-corrected chi connectivity index (χ1v) is 9.48. The van der Waals surface area contributed by atoms with Crippen molar-refractivity contribution < 1.29 is 31.0 Å². The quantitative estimate of drug-likeness (QED) is 0.337. The minimum Gasteiger partial charge on any atom is -0.505 e. The summed E-state index contributed by atoms with van der Waals surface area (Å²) in [6.45, 7) is 0. The molecule has 14 heteroatoms. The van der Waals surface area contributed by atoms with E-state index in [2.05, 4.69) is 20.5 Å². The van der Waals surface area contributed by atoms with Gasteiger partial charge in [0.2, 0.25) is 0 Å². The summed E-state index contributed by atoms with van der Waals surface area (Å²) in [5, 5.41) is 23.5. The number of phenolic OH excluding ortho intramolecular Hbond substituents is 1. The second-order valence-corrected chi connectivity index (χ2v) is 7.60. The summed E-state index contributed by atoms with van der Waals surface area (Å²) in [5.41, 5.74) is 4.33. The summed E-state index contributed by atoms with van der Waals surface area (Å²) >= 11 is 0. The molecule has 12 nitrogen and oxygen atoms in total. The number of hydrogen-bond acceptors (Lipinski definition) is 10. The molecule has 0 aromatic heterocycles. The van der Waals surface area contributed by atoms with Gasteiger partial charge in [0.05, 0.1) is 5.69 Å². The van der Waals surface area contributed by atoms with Gasteiger partial charge in [-0.05, 0) is 12.1 Å². The molecule has 2 aromatic carbocycles. The van der Waals surface area contributed by atoms with Gasteiger partial charge in [0.15, 0.2) is 5.75 Å². The van der Waals surface area contributed by atoms with Crippen LogP contribution in [0.25, 0.3) is 10.8 Å². The topological polar surface area (TPSA) is 204 Å². The molecular formula is C12H13N5O7S2. The first-order valence-electron chi connectivity index (χ1n) is 6.60. The molecular weight excluding hydrogens is 390 g/mol. The van der Waals surface area contributed by atoms with Gasteiger partial charge in [-0.2, -0.15) is 37.3 Å². The summed E-state index contributed by atoms with van der Waals surface area (Å²) < 4.78 is 65.6. The number of fused-ring (bicyclic) bond motifs is 1. The van der Waals surface area contributed by atoms with Gasteiger partial charge in [0.25, 0.3) is 20.2 Å². The molecule has 0 aliphatic carbocycles. The van der Waals surface area contributed by atoms with E-state index in [0.29, 0.717) is 6.07 Å². The Labute approximate surface area is 147 Å². The SMILES string of the molecule is CN=Nc1cc2c(O)c(N=NC)c(S(=O)(=O)O)cc2c(S(=O)(=O)O)c1N. The molecule has 0 aliphatic heterocycles. The Morgan fingerprint density at radius 1 is 0.923 bits per heavy atom. The second kappa shape index (κ2) is 6.56. The van der Waals surface area contributed by atoms with Crippen LogP contribution in [0.3, 0.4) is 0 Å². The van der Waals surface area contributed by atoms with Gasteiger partial charge in [-0.15, -0.1) is 0 Å². The fourth-order valence-electron chi connectivity index (χ4n) is 2.32. The molecule has 0 unspecified atom stereocenters. The van der Waals surface area contributed by atoms with E-state index in [0.717, 1.165) is 6.07 Å². The number of azo groups is 2. The van der Waals surface area contributed by atoms with Gasteiger partial charge in [-0.1, -0.05) is 0 Å². The number of aromatic hydroxyl groups is 1. The van der Waals surface area contributed by atoms with Crippen LogP contribution >= 0.6 is 0 Å². The van der Waals surface area contributed by atoms with Gasteiger partial charge in [0, 0.05) is 24.9 Å². The normalized spacial score (nSPS) is 13.2. The molecule has 0 spiro atoms. The number of benzene rings is 2. The highest BCUT2D eigenvalue weighted by molar-refractivity contribution is 7.86. The molecule has 26 heavy (non-hydrogen) atoms. The van der Waals surface area contributed by atoms with Crippen LogP contribution in [0.2, 0.25) is 0 Å². The lowest BCUT2D eigenvalue weighted by atomic mass is 10.1. The van der Waals surface area contributed by atoms with Crippen LogP contribution in [0.15, 0.2) is 42.4 Å². The Morgan fingerprint density at radius 2 is 1.50 bits per heavy atom. The van der Waals surface area contributed by atoms with Crippen LogP contribution < -0.4 is 5.73 Å². The average molecular weight is 403 g/mol. The van der Waals surface area contributed by atoms with Crippen LogP contribution in [-0.4, -0.2) is 45.1 Å². The van der Waals surface area contributed by atoms with Crippen molar-refractivity contribution in [3.63, 3.8) is 0 Å². The molecule has 0 fully saturated rings. The van der Waals surface area contributed by atoms with Crippen molar-refractivity contribution in [2.75, 3.05) is 19.8 Å². The van der Waals surface area contributed by atoms with E-state index in [1.54, 1.807) is 0 Å². The zero-order valence-corrected chi connectivity index (χ0v) is 14.9. The lowest BCUT2D eigenvalue weighted by molar-refractivity contribution is 0.471. The average Bonchev–Trinajstić information content (AvgIpc) is 2.49. The molecule has 0 amide bonds. The molecule has 0 aliphatic rings. The first-order chi connectivity index (χ1) is 11.9. The smallest absolute Gasteiger partial charge is 0.297 e. The molecule has 5 N–H and O–H groups in total. The van der Waals surface area contributed by atoms with Gasteiger partial charge in [0.1, 0.15) is 21.2 Å². The van der Waals surface area contributed by atoms with Crippen molar-refractivity contribution in [2.24, 2.45) is 20.5 Å². The number of nitrogen functional groups attached to an aromatic ring is 1. The van der Waals surface area contributed by atoms with Crippen molar-refractivity contribution in [3.05, 3.63) is 12.1 Å². The van der Waals surface area contributed by atoms with Crippen LogP contribution in [-0.2, 0) is 20.2 Å². The molecule has 0 heterocycles. The highest BCUT2D eigenvalue weighted by atomic mass is 32.2. The highest BCUT2D eigenvalue weighted by Gasteiger charge is 2.28. The zero-order chi connectivity index (χ0) is 19.9. The van der Waals surface area contributed by atoms with Gasteiger partial charge in [-0.3, -0.25) is 9.11 Å². The van der Waals surface area contributed by atoms with E-state index in [9.17, 15) is 31.0 Å². The number of rotatable bonds is 4. The Kier molecular flexibility index (Phi) is 4.96. The van der Waals surface area contributed by atoms with Gasteiger partial charge < -0.3 is 10.8 Å². The van der Waals surface area contributed by atoms with Gasteiger partial charge in [-0.25, -0.2) is 0 Å². The molecule has 0 saturated carbocycles. The third-order valence-electron chi connectivity index (χ3n) is 3.27. The number of nitrogens with zero attached hydrogens (tertiary/aromatic N) is 4. The predicted octanol–water partition coefficient (Wildman–Crippen LogP) is 2.05. The summed E-state index contributed by atoms with van der Waals surface area (Å²) in [7, 11) is -7.46. The molecule has 0 atom stereocenters. The van der Waals surface area contributed by atoms with E-state index >= 15 is 0 Å². The third-order valence-corrected chi connectivity index (χ3v) is 5.09. The molecule has 0 radical (unpaired) electrons. The van der Waals surface area contributed by atoms with Crippen LogP contribution in [0.5, 0.6) is 5.75 Å². The predicted molar refractivity (Wildman–Crippen MR) is 90.5 cm³/mol. The minimum absolute atomic E-state index is 0.207. The fraction of sp³-hybridized carbons (Fsp3) is 0.167. The third kappa shape index (κ3) is 3.34. The summed E-state index contributed by atoms with van der Waals surface area (Å²) in [4.78, 5) is -1.83. The Balaban J connectivity index is 3.26. The van der Waals surface area contributed by atoms with Crippen LogP contribution in [0.4, 0.5) is 17.1 Å². The summed E-state index contributed by atoms with van der Waals surface area (Å²) in [6.07, 6.45) is 0. The Hall–Kier alpha value is -2.68. The van der Waals surface area contributed by atoms with E-state index in [1.807, 2.05) is 0 Å². The molecule has 2 aromatic rings. The maximum atomic E-state index is 11.8. The molecule has 2 rings (SSSR count). The minimum atomic E-state index is -4.97. The molecule has 140 valence electrons. The van der Waals surface area contributed by atoms with Crippen LogP contribution in [0.1, 0.15) is 0 Å². The fourth-order valence-corrected chi connectivity index (χ4v) is 3.80. The van der Waals surface area contributed by atoms with Crippen molar-refractivity contribution in [1.29, 1.82) is 0 Å². The van der Waals surface area contributed by atoms with Crippen LogP contribution in [0, 0.1) is 0 Å². The number of nitrogens with two attached hydrogens (primary N) is 1. The number of phenols is 1. The lowest BCUT2D eigenvalue weighted by Gasteiger charge is -2.14. The Bertz CT molecular complexity index is 1170. The first kappa shape index (κ1) is 19.6. The van der Waals surface area contributed by atoms with E-state index in [-0.39, 0.29) is 11.1 Å². The number of hydrogen-bond donors (Lipinski definition) is 4. The Morgan fingerprint density at radius 3 is 1.96 bits per heavy atom. The van der Waals surface area contributed by atoms with E-state index in [4.69, 9.17) is 5.73 Å². The maximum absolute atomic E-state index is 11.8. The summed E-state index contributed by atoms with van der Waals surface area (Å²) in [5.74, 6) is -0.821. The van der Waals surface area contributed by atoms with Crippen molar-refractivity contribution in [1.82, 2.24) is 0 Å². The van der Waals surface area contributed by atoms with Crippen molar-refractivity contribution in [2.45, 2.75) is 9.79 Å². The lowest BCUT2D eigenvalue weighted by Crippen LogP contribution is -2.06. The van der Waals surface area contributed by atoms with E-state index < -0.39 is 52.5 Å². The standard InChI is InChI=1S/C12H13N5O7S2/c1-14-16-7-3-5-6(12(9(7)13)26(22,23)24)4-8(25(19,20)21)10(11(5)18)17-15-2/h3-4,18H,13H2,1-2H3,(H,19,20,21)(H,22,23,24). The largest absolute Gasteiger partial charge is 0.505 e. The maximum Gasteiger partial charge on any atom is 0.297 e. The van der Waals surface area contributed by atoms with Gasteiger partial charge >= 0.3 is 0 Å². The van der Waals surface area contributed by atoms with Crippen molar-refractivity contribution >= 4 is 48.1 Å². The monoisotopic (exact) mass is 403 g/mol. The number of anilines is 1. The molecule has 0 saturated heterocycles. The van der Waals surface area contributed by atoms with Crippen molar-refractivity contribution in [3.8, 4) is 5.75 Å².